The Labute approximate surface area is 102 Å². The summed E-state index contributed by atoms with van der Waals surface area (Å²) in [5, 5.41) is 0. The Hall–Kier alpha value is -0.850. The van der Waals surface area contributed by atoms with Gasteiger partial charge in [0.05, 0.1) is 0 Å². The molecule has 0 unspecified atom stereocenters. The normalized spacial score (nSPS) is 9.67. The zero-order chi connectivity index (χ0) is 9.80. The van der Waals surface area contributed by atoms with Crippen molar-refractivity contribution in [3.63, 3.8) is 0 Å². The van der Waals surface area contributed by atoms with E-state index >= 15 is 0 Å². The zero-order valence-electron chi connectivity index (χ0n) is 8.38. The summed E-state index contributed by atoms with van der Waals surface area (Å²) < 4.78 is 5.75. The van der Waals surface area contributed by atoms with Crippen LogP contribution in [0.3, 0.4) is 0 Å². The van der Waals surface area contributed by atoms with Crippen molar-refractivity contribution in [2.75, 3.05) is 0 Å². The van der Waals surface area contributed by atoms with Gasteiger partial charge in [-0.15, -0.1) is 17.0 Å². The third-order valence-electron chi connectivity index (χ3n) is 1.95. The van der Waals surface area contributed by atoms with Crippen LogP contribution in [0.1, 0.15) is 5.56 Å². The van der Waals surface area contributed by atoms with Crippen molar-refractivity contribution in [1.82, 2.24) is 0 Å². The Morgan fingerprint density at radius 3 is 2.40 bits per heavy atom. The first kappa shape index (κ1) is 12.2. The molecule has 15 heavy (non-hydrogen) atoms. The van der Waals surface area contributed by atoms with Crippen LogP contribution in [0.25, 0.3) is 0 Å². The van der Waals surface area contributed by atoms with Crippen molar-refractivity contribution in [2.24, 2.45) is 0 Å². The second-order valence-corrected chi connectivity index (χ2v) is 4.03. The van der Waals surface area contributed by atoms with Crippen LogP contribution < -0.4 is 4.74 Å². The van der Waals surface area contributed by atoms with Crippen molar-refractivity contribution in [3.05, 3.63) is 53.8 Å². The lowest BCUT2D eigenvalue weighted by atomic mass is 10.2. The van der Waals surface area contributed by atoms with E-state index in [0.29, 0.717) is 0 Å². The van der Waals surface area contributed by atoms with Gasteiger partial charge in [0.1, 0.15) is 5.75 Å². The van der Waals surface area contributed by atoms with Gasteiger partial charge in [0.25, 0.3) is 0 Å². The molecular weight excluding hydrogens is 271 g/mol. The highest BCUT2D eigenvalue weighted by molar-refractivity contribution is 8.93. The Morgan fingerprint density at radius 2 is 1.73 bits per heavy atom. The highest BCUT2D eigenvalue weighted by Crippen LogP contribution is 2.29. The monoisotopic (exact) mass is 282 g/mol. The van der Waals surface area contributed by atoms with Crippen molar-refractivity contribution in [1.29, 1.82) is 0 Å². The molecule has 0 amide bonds. The summed E-state index contributed by atoms with van der Waals surface area (Å²) in [7, 11) is 1.12. The van der Waals surface area contributed by atoms with E-state index in [0.717, 1.165) is 25.0 Å². The van der Waals surface area contributed by atoms with E-state index in [4.69, 9.17) is 4.74 Å². The molecule has 0 aliphatic heterocycles. The first-order chi connectivity index (χ1) is 6.86. The molecule has 1 heterocycles. The van der Waals surface area contributed by atoms with Gasteiger partial charge < -0.3 is 4.74 Å². The predicted molar refractivity (Wildman–Crippen MR) is 70.5 cm³/mol. The quantitative estimate of drug-likeness (QED) is 0.758. The average Bonchev–Trinajstić information content (AvgIpc) is 2.23. The lowest BCUT2D eigenvalue weighted by Crippen LogP contribution is -1.84. The zero-order valence-corrected chi connectivity index (χ0v) is 11.0. The van der Waals surface area contributed by atoms with E-state index in [-0.39, 0.29) is 17.0 Å². The van der Waals surface area contributed by atoms with Crippen LogP contribution in [-0.4, -0.2) is 0 Å². The van der Waals surface area contributed by atoms with E-state index in [1.807, 2.05) is 36.4 Å². The Bertz CT molecular complexity index is 417. The summed E-state index contributed by atoms with van der Waals surface area (Å²) in [6.07, 6.45) is 0. The first-order valence-electron chi connectivity index (χ1n) is 4.51. The molecule has 0 bridgehead atoms. The van der Waals surface area contributed by atoms with Crippen LogP contribution in [0.4, 0.5) is 0 Å². The maximum Gasteiger partial charge on any atom is 0.153 e. The summed E-state index contributed by atoms with van der Waals surface area (Å²) in [5.74, 6) is 3.00. The molecule has 2 rings (SSSR count). The number of ether oxygens (including phenoxy) is 1. The first-order valence-corrected chi connectivity index (χ1v) is 5.47. The predicted octanol–water partition coefficient (Wildman–Crippen LogP) is 4.95. The van der Waals surface area contributed by atoms with Gasteiger partial charge in [-0.05, 0) is 38.6 Å². The molecule has 0 saturated carbocycles. The summed E-state index contributed by atoms with van der Waals surface area (Å²) in [6.45, 7) is 2.05. The number of halogens is 1. The van der Waals surface area contributed by atoms with Gasteiger partial charge in [0.15, 0.2) is 5.48 Å². The fourth-order valence-corrected chi connectivity index (χ4v) is 1.85. The third kappa shape index (κ3) is 3.33. The molecule has 0 atom stereocenters. The largest absolute Gasteiger partial charge is 0.452 e. The third-order valence-corrected chi connectivity index (χ3v) is 2.76. The Morgan fingerprint density at radius 1 is 1.00 bits per heavy atom. The van der Waals surface area contributed by atoms with Gasteiger partial charge in [-0.1, -0.05) is 30.3 Å². The Balaban J connectivity index is 0.00000112. The fourth-order valence-electron chi connectivity index (χ4n) is 1.19. The minimum Gasteiger partial charge on any atom is -0.452 e. The lowest BCUT2D eigenvalue weighted by Gasteiger charge is -2.06. The molecule has 0 saturated heterocycles. The van der Waals surface area contributed by atoms with E-state index in [1.165, 1.54) is 0 Å². The van der Waals surface area contributed by atoms with Crippen LogP contribution in [0, 0.1) is 6.92 Å². The molecule has 78 valence electrons. The molecule has 1 aromatic heterocycles. The van der Waals surface area contributed by atoms with Gasteiger partial charge in [-0.3, -0.25) is 0 Å². The molecule has 0 aliphatic carbocycles. The molecule has 0 radical (unpaired) electrons. The molecule has 3 heteroatoms. The average molecular weight is 283 g/mol. The van der Waals surface area contributed by atoms with Crippen molar-refractivity contribution in [3.8, 4) is 11.2 Å². The van der Waals surface area contributed by atoms with Gasteiger partial charge in [0, 0.05) is 0 Å². The molecule has 0 N–H and O–H groups in total. The van der Waals surface area contributed by atoms with Crippen molar-refractivity contribution < 1.29 is 4.74 Å². The Kier molecular flexibility index (Phi) is 4.80. The van der Waals surface area contributed by atoms with Crippen LogP contribution in [0.5, 0.6) is 11.2 Å². The minimum absolute atomic E-state index is 0. The van der Waals surface area contributed by atoms with E-state index in [1.54, 1.807) is 0 Å². The molecule has 1 nitrogen and oxygen atoms in total. The number of benzene rings is 1. The smallest absolute Gasteiger partial charge is 0.153 e. The second-order valence-electron chi connectivity index (χ2n) is 3.04. The van der Waals surface area contributed by atoms with Gasteiger partial charge >= 0.3 is 0 Å². The molecule has 0 fully saturated rings. The number of hydrogen-bond donors (Lipinski definition) is 0. The summed E-state index contributed by atoms with van der Waals surface area (Å²) in [4.78, 5) is 0. The highest BCUT2D eigenvalue weighted by Gasteiger charge is 1.98. The van der Waals surface area contributed by atoms with E-state index in [2.05, 4.69) is 18.8 Å². The summed E-state index contributed by atoms with van der Waals surface area (Å²) in [6, 6.07) is 14.0. The van der Waals surface area contributed by atoms with Crippen molar-refractivity contribution >= 4 is 25.2 Å². The molecule has 1 aromatic carbocycles. The minimum atomic E-state index is 0. The van der Waals surface area contributed by atoms with E-state index < -0.39 is 0 Å². The van der Waals surface area contributed by atoms with Crippen LogP contribution >= 0.6 is 25.2 Å². The second kappa shape index (κ2) is 5.89. The van der Waals surface area contributed by atoms with Crippen LogP contribution in [0.15, 0.2) is 48.3 Å². The maximum absolute atomic E-state index is 5.75. The SMILES string of the molecule is Br.Cc1ccccc1Oc1ccccp1. The molecule has 0 aliphatic rings. The fraction of sp³-hybridized carbons (Fsp3) is 0.0833. The van der Waals surface area contributed by atoms with Crippen LogP contribution in [-0.2, 0) is 0 Å². The maximum atomic E-state index is 5.75. The van der Waals surface area contributed by atoms with Gasteiger partial charge in [-0.25, -0.2) is 0 Å². The highest BCUT2D eigenvalue weighted by atomic mass is 79.9. The summed E-state index contributed by atoms with van der Waals surface area (Å²) >= 11 is 0. The number of rotatable bonds is 2. The molecule has 0 spiro atoms. The number of para-hydroxylation sites is 1. The topological polar surface area (TPSA) is 9.23 Å². The summed E-state index contributed by atoms with van der Waals surface area (Å²) in [5.41, 5.74) is 2.14. The number of hydrogen-bond acceptors (Lipinski definition) is 1. The molecular formula is C12H12BrOP. The standard InChI is InChI=1S/C12H11OP.BrH/c1-10-6-2-3-7-11(10)13-12-8-4-5-9-14-12;/h2-9H,1H3;1H. The molecule has 2 aromatic rings. The van der Waals surface area contributed by atoms with E-state index in [9.17, 15) is 0 Å². The van der Waals surface area contributed by atoms with Gasteiger partial charge in [-0.2, -0.15) is 0 Å². The van der Waals surface area contributed by atoms with Crippen molar-refractivity contribution in [2.45, 2.75) is 6.92 Å². The number of aryl methyl sites for hydroxylation is 1. The van der Waals surface area contributed by atoms with Gasteiger partial charge in [0.2, 0.25) is 0 Å². The lowest BCUT2D eigenvalue weighted by molar-refractivity contribution is 0.492. The van der Waals surface area contributed by atoms with Crippen LogP contribution in [0.2, 0.25) is 0 Å².